The first-order chi connectivity index (χ1) is 9.96. The number of carbonyl (C=O) groups is 1. The summed E-state index contributed by atoms with van der Waals surface area (Å²) in [5.41, 5.74) is 0.555. The summed E-state index contributed by atoms with van der Waals surface area (Å²) in [5, 5.41) is 6.49. The van der Waals surface area contributed by atoms with Crippen LogP contribution in [0.25, 0.3) is 0 Å². The van der Waals surface area contributed by atoms with E-state index in [-0.39, 0.29) is 10.2 Å². The lowest BCUT2D eigenvalue weighted by Crippen LogP contribution is -2.18. The third-order valence-corrected chi connectivity index (χ3v) is 3.43. The maximum atomic E-state index is 13.7. The van der Waals surface area contributed by atoms with Gasteiger partial charge in [0.2, 0.25) is 0 Å². The molecule has 4 nitrogen and oxygen atoms in total. The molecule has 1 aromatic carbocycles. The normalized spacial score (nSPS) is 10.7. The summed E-state index contributed by atoms with van der Waals surface area (Å²) in [6, 6.07) is 3.80. The fourth-order valence-electron chi connectivity index (χ4n) is 1.91. The van der Waals surface area contributed by atoms with Gasteiger partial charge < -0.3 is 5.32 Å². The van der Waals surface area contributed by atoms with E-state index in [0.29, 0.717) is 13.0 Å². The molecule has 1 heterocycles. The molecule has 0 bridgehead atoms. The van der Waals surface area contributed by atoms with Gasteiger partial charge in [0, 0.05) is 11.0 Å². The number of hydrogen-bond donors (Lipinski definition) is 1. The zero-order chi connectivity index (χ0) is 15.6. The van der Waals surface area contributed by atoms with Crippen LogP contribution in [0.4, 0.5) is 14.5 Å². The molecule has 112 valence electrons. The molecule has 1 amide bonds. The first-order valence-electron chi connectivity index (χ1n) is 6.48. The standard InChI is InChI=1S/C14H14BrF2N3O/c1-3-9-7-12(20(4-2)19-9)14(21)18-13-10(16)5-8(15)6-11(13)17/h5-7H,3-4H2,1-2H3,(H,18,21). The van der Waals surface area contributed by atoms with Crippen LogP contribution in [0, 0.1) is 11.6 Å². The summed E-state index contributed by atoms with van der Waals surface area (Å²) in [5.74, 6) is -2.27. The van der Waals surface area contributed by atoms with Gasteiger partial charge in [0.1, 0.15) is 11.4 Å². The number of halogens is 3. The number of carbonyl (C=O) groups excluding carboxylic acids is 1. The molecular formula is C14H14BrF2N3O. The van der Waals surface area contributed by atoms with Crippen LogP contribution in [0.5, 0.6) is 0 Å². The van der Waals surface area contributed by atoms with Crippen molar-refractivity contribution in [3.63, 3.8) is 0 Å². The molecule has 0 saturated heterocycles. The Bertz CT molecular complexity index is 662. The largest absolute Gasteiger partial charge is 0.316 e. The second kappa shape index (κ2) is 6.34. The summed E-state index contributed by atoms with van der Waals surface area (Å²) in [7, 11) is 0. The highest BCUT2D eigenvalue weighted by Gasteiger charge is 2.18. The van der Waals surface area contributed by atoms with Crippen LogP contribution in [-0.4, -0.2) is 15.7 Å². The molecule has 0 saturated carbocycles. The Morgan fingerprint density at radius 3 is 2.43 bits per heavy atom. The van der Waals surface area contributed by atoms with E-state index in [1.54, 1.807) is 6.07 Å². The van der Waals surface area contributed by atoms with E-state index in [9.17, 15) is 13.6 Å². The molecule has 0 aliphatic carbocycles. The van der Waals surface area contributed by atoms with Crippen LogP contribution in [-0.2, 0) is 13.0 Å². The summed E-state index contributed by atoms with van der Waals surface area (Å²) >= 11 is 2.99. The first-order valence-corrected chi connectivity index (χ1v) is 7.28. The number of benzene rings is 1. The summed E-state index contributed by atoms with van der Waals surface area (Å²) < 4.78 is 29.2. The quantitative estimate of drug-likeness (QED) is 0.905. The lowest BCUT2D eigenvalue weighted by molar-refractivity contribution is 0.101. The summed E-state index contributed by atoms with van der Waals surface area (Å²) in [4.78, 5) is 12.2. The zero-order valence-corrected chi connectivity index (χ0v) is 13.2. The Hall–Kier alpha value is -1.76. The zero-order valence-electron chi connectivity index (χ0n) is 11.6. The van der Waals surface area contributed by atoms with Gasteiger partial charge in [-0.25, -0.2) is 8.78 Å². The molecule has 0 spiro atoms. The number of hydrogen-bond acceptors (Lipinski definition) is 2. The van der Waals surface area contributed by atoms with Crippen LogP contribution >= 0.6 is 15.9 Å². The van der Waals surface area contributed by atoms with E-state index in [1.807, 2.05) is 13.8 Å². The number of rotatable bonds is 4. The van der Waals surface area contributed by atoms with E-state index in [2.05, 4.69) is 26.3 Å². The van der Waals surface area contributed by atoms with Crippen LogP contribution < -0.4 is 5.32 Å². The molecule has 2 aromatic rings. The minimum atomic E-state index is -0.839. The number of amides is 1. The highest BCUT2D eigenvalue weighted by Crippen LogP contribution is 2.24. The van der Waals surface area contributed by atoms with Gasteiger partial charge in [0.25, 0.3) is 5.91 Å². The van der Waals surface area contributed by atoms with Gasteiger partial charge in [0.05, 0.1) is 5.69 Å². The number of nitrogens with zero attached hydrogens (tertiary/aromatic N) is 2. The molecule has 0 fully saturated rings. The molecule has 0 atom stereocenters. The van der Waals surface area contributed by atoms with Gasteiger partial charge in [-0.2, -0.15) is 5.10 Å². The highest BCUT2D eigenvalue weighted by molar-refractivity contribution is 9.10. The topological polar surface area (TPSA) is 46.9 Å². The van der Waals surface area contributed by atoms with Gasteiger partial charge >= 0.3 is 0 Å². The number of aromatic nitrogens is 2. The van der Waals surface area contributed by atoms with Gasteiger partial charge in [-0.1, -0.05) is 22.9 Å². The van der Waals surface area contributed by atoms with Crippen molar-refractivity contribution < 1.29 is 13.6 Å². The Morgan fingerprint density at radius 2 is 1.90 bits per heavy atom. The van der Waals surface area contributed by atoms with Crippen molar-refractivity contribution in [2.45, 2.75) is 26.8 Å². The average molecular weight is 358 g/mol. The average Bonchev–Trinajstić information content (AvgIpc) is 2.86. The van der Waals surface area contributed by atoms with Crippen molar-refractivity contribution in [1.29, 1.82) is 0 Å². The Labute approximate surface area is 129 Å². The number of anilines is 1. The van der Waals surface area contributed by atoms with E-state index >= 15 is 0 Å². The Morgan fingerprint density at radius 1 is 1.29 bits per heavy atom. The van der Waals surface area contributed by atoms with Crippen molar-refractivity contribution in [3.05, 3.63) is 45.7 Å². The fraction of sp³-hybridized carbons (Fsp3) is 0.286. The van der Waals surface area contributed by atoms with Crippen LogP contribution in [0.2, 0.25) is 0 Å². The third-order valence-electron chi connectivity index (χ3n) is 2.97. The van der Waals surface area contributed by atoms with Crippen LogP contribution in [0.3, 0.4) is 0 Å². The van der Waals surface area contributed by atoms with Crippen LogP contribution in [0.15, 0.2) is 22.7 Å². The van der Waals surface area contributed by atoms with E-state index < -0.39 is 23.2 Å². The predicted octanol–water partition coefficient (Wildman–Crippen LogP) is 3.76. The molecule has 2 rings (SSSR count). The Balaban J connectivity index is 2.32. The smallest absolute Gasteiger partial charge is 0.274 e. The van der Waals surface area contributed by atoms with Crippen molar-refractivity contribution in [2.75, 3.05) is 5.32 Å². The monoisotopic (exact) mass is 357 g/mol. The molecule has 21 heavy (non-hydrogen) atoms. The second-order valence-electron chi connectivity index (χ2n) is 4.39. The predicted molar refractivity (Wildman–Crippen MR) is 79.3 cm³/mol. The van der Waals surface area contributed by atoms with Crippen molar-refractivity contribution in [3.8, 4) is 0 Å². The fourth-order valence-corrected chi connectivity index (χ4v) is 2.31. The van der Waals surface area contributed by atoms with Gasteiger partial charge in [0.15, 0.2) is 11.6 Å². The summed E-state index contributed by atoms with van der Waals surface area (Å²) in [6.45, 7) is 4.25. The molecular weight excluding hydrogens is 344 g/mol. The van der Waals surface area contributed by atoms with Crippen molar-refractivity contribution in [2.24, 2.45) is 0 Å². The third kappa shape index (κ3) is 3.29. The molecule has 0 aliphatic rings. The number of aryl methyl sites for hydroxylation is 2. The molecule has 0 unspecified atom stereocenters. The number of nitrogens with one attached hydrogen (secondary N) is 1. The first kappa shape index (κ1) is 15.6. The molecule has 0 radical (unpaired) electrons. The van der Waals surface area contributed by atoms with Crippen LogP contribution in [0.1, 0.15) is 30.0 Å². The second-order valence-corrected chi connectivity index (χ2v) is 5.30. The SMILES string of the molecule is CCc1cc(C(=O)Nc2c(F)cc(Br)cc2F)n(CC)n1. The van der Waals surface area contributed by atoms with Crippen molar-refractivity contribution >= 4 is 27.5 Å². The summed E-state index contributed by atoms with van der Waals surface area (Å²) in [6.07, 6.45) is 0.675. The maximum absolute atomic E-state index is 13.7. The van der Waals surface area contributed by atoms with E-state index in [1.165, 1.54) is 4.68 Å². The minimum Gasteiger partial charge on any atom is -0.316 e. The minimum absolute atomic E-state index is 0.266. The van der Waals surface area contributed by atoms with E-state index in [0.717, 1.165) is 17.8 Å². The van der Waals surface area contributed by atoms with Gasteiger partial charge in [-0.15, -0.1) is 0 Å². The maximum Gasteiger partial charge on any atom is 0.274 e. The molecule has 0 aliphatic heterocycles. The van der Waals surface area contributed by atoms with E-state index in [4.69, 9.17) is 0 Å². The lowest BCUT2D eigenvalue weighted by Gasteiger charge is -2.09. The van der Waals surface area contributed by atoms with Gasteiger partial charge in [-0.05, 0) is 31.5 Å². The molecule has 7 heteroatoms. The van der Waals surface area contributed by atoms with Crippen molar-refractivity contribution in [1.82, 2.24) is 9.78 Å². The lowest BCUT2D eigenvalue weighted by atomic mass is 10.2. The molecule has 1 aromatic heterocycles. The Kier molecular flexibility index (Phi) is 4.72. The highest BCUT2D eigenvalue weighted by atomic mass is 79.9. The van der Waals surface area contributed by atoms with Gasteiger partial charge in [-0.3, -0.25) is 9.48 Å². The molecule has 1 N–H and O–H groups in total.